The first-order chi connectivity index (χ1) is 6.85. The first kappa shape index (κ1) is 21.9. The smallest absolute Gasteiger partial charge is 1.00 e. The molecule has 0 atom stereocenters. The second-order valence-electron chi connectivity index (χ2n) is 2.46. The van der Waals surface area contributed by atoms with Gasteiger partial charge in [-0.2, -0.15) is 8.42 Å². The van der Waals surface area contributed by atoms with Crippen LogP contribution >= 0.6 is 0 Å². The third-order valence-corrected chi connectivity index (χ3v) is 1.25. The van der Waals surface area contributed by atoms with Crippen molar-refractivity contribution in [2.45, 2.75) is 0 Å². The predicted molar refractivity (Wildman–Crippen MR) is 53.0 cm³/mol. The van der Waals surface area contributed by atoms with Crippen molar-refractivity contribution in [3.05, 3.63) is 0 Å². The van der Waals surface area contributed by atoms with E-state index in [-0.39, 0.29) is 50.8 Å². The number of rotatable bonds is 6. The van der Waals surface area contributed by atoms with Gasteiger partial charge in [-0.1, -0.05) is 0 Å². The van der Waals surface area contributed by atoms with E-state index in [2.05, 4.69) is 0 Å². The Balaban J connectivity index is -0.000000105. The SMILES string of the molecule is O=S(=O)(O)O.OCCN(CCO)CCO.[H-].[Na+]. The predicted octanol–water partition coefficient (Wildman–Crippen LogP) is -5.27. The Hall–Kier alpha value is 0.710. The molecule has 0 spiro atoms. The number of hydrogen-bond donors (Lipinski definition) is 5. The van der Waals surface area contributed by atoms with Gasteiger partial charge in [-0.05, 0) is 0 Å². The van der Waals surface area contributed by atoms with E-state index in [0.29, 0.717) is 19.6 Å². The molecule has 0 amide bonds. The molecule has 0 aromatic carbocycles. The zero-order chi connectivity index (χ0) is 12.3. The Morgan fingerprint density at radius 3 is 1.19 bits per heavy atom. The van der Waals surface area contributed by atoms with Gasteiger partial charge in [0, 0.05) is 19.6 Å². The minimum atomic E-state index is -4.67. The molecule has 10 heteroatoms. The molecule has 0 rings (SSSR count). The molecule has 0 saturated heterocycles. The maximum atomic E-state index is 8.74. The Kier molecular flexibility index (Phi) is 18.9. The van der Waals surface area contributed by atoms with Crippen LogP contribution in [0, 0.1) is 0 Å². The van der Waals surface area contributed by atoms with Crippen molar-refractivity contribution in [2.75, 3.05) is 39.5 Å². The largest absolute Gasteiger partial charge is 1.00 e. The van der Waals surface area contributed by atoms with Crippen molar-refractivity contribution in [2.24, 2.45) is 0 Å². The Morgan fingerprint density at radius 1 is 0.875 bits per heavy atom. The van der Waals surface area contributed by atoms with E-state index in [1.54, 1.807) is 4.90 Å². The standard InChI is InChI=1S/C6H15NO3.Na.H2O4S.H/c8-4-1-7(2-5-9)3-6-10;;1-5(2,3)4;/h8-10H,1-6H2;;(H2,1,2,3,4);/q;+1;;-1. The van der Waals surface area contributed by atoms with Crippen LogP contribution in [0.4, 0.5) is 0 Å². The van der Waals surface area contributed by atoms with Crippen molar-refractivity contribution in [3.8, 4) is 0 Å². The van der Waals surface area contributed by atoms with Crippen molar-refractivity contribution < 1.29 is 63.8 Å². The van der Waals surface area contributed by atoms with E-state index in [1.807, 2.05) is 0 Å². The molecule has 0 aliphatic carbocycles. The summed E-state index contributed by atoms with van der Waals surface area (Å²) in [5.41, 5.74) is 0. The van der Waals surface area contributed by atoms with Gasteiger partial charge in [0.15, 0.2) is 0 Å². The van der Waals surface area contributed by atoms with Crippen LogP contribution in [-0.4, -0.2) is 77.2 Å². The molecule has 0 unspecified atom stereocenters. The molecule has 5 N–H and O–H groups in total. The fraction of sp³-hybridized carbons (Fsp3) is 1.00. The van der Waals surface area contributed by atoms with Gasteiger partial charge < -0.3 is 16.7 Å². The van der Waals surface area contributed by atoms with Crippen LogP contribution in [-0.2, 0) is 10.4 Å². The molecule has 0 bridgehead atoms. The van der Waals surface area contributed by atoms with E-state index in [0.717, 1.165) is 0 Å². The Labute approximate surface area is 118 Å². The Morgan fingerprint density at radius 2 is 1.06 bits per heavy atom. The van der Waals surface area contributed by atoms with Crippen LogP contribution < -0.4 is 29.6 Å². The van der Waals surface area contributed by atoms with E-state index in [9.17, 15) is 0 Å². The van der Waals surface area contributed by atoms with Gasteiger partial charge >= 0.3 is 40.0 Å². The average Bonchev–Trinajstić information content (AvgIpc) is 2.02. The summed E-state index contributed by atoms with van der Waals surface area (Å²) in [6.07, 6.45) is 0. The van der Waals surface area contributed by atoms with E-state index >= 15 is 0 Å². The summed E-state index contributed by atoms with van der Waals surface area (Å²) < 4.78 is 31.6. The molecule has 0 heterocycles. The Bertz CT molecular complexity index is 206. The van der Waals surface area contributed by atoms with Crippen LogP contribution in [0.15, 0.2) is 0 Å². The summed E-state index contributed by atoms with van der Waals surface area (Å²) >= 11 is 0. The minimum Gasteiger partial charge on any atom is -1.00 e. The number of hydrogen-bond acceptors (Lipinski definition) is 6. The van der Waals surface area contributed by atoms with Crippen LogP contribution in [0.5, 0.6) is 0 Å². The fourth-order valence-electron chi connectivity index (χ4n) is 0.760. The first-order valence-corrected chi connectivity index (χ1v) is 5.49. The minimum absolute atomic E-state index is 0. The van der Waals surface area contributed by atoms with Crippen molar-refractivity contribution in [3.63, 3.8) is 0 Å². The summed E-state index contributed by atoms with van der Waals surface area (Å²) in [5, 5.41) is 25.5. The quantitative estimate of drug-likeness (QED) is 0.238. The monoisotopic (exact) mass is 271 g/mol. The van der Waals surface area contributed by atoms with Gasteiger partial charge in [0.05, 0.1) is 19.8 Å². The van der Waals surface area contributed by atoms with Crippen molar-refractivity contribution in [1.29, 1.82) is 0 Å². The molecular weight excluding hydrogens is 253 g/mol. The van der Waals surface area contributed by atoms with Crippen LogP contribution in [0.2, 0.25) is 0 Å². The van der Waals surface area contributed by atoms with E-state index < -0.39 is 10.4 Å². The van der Waals surface area contributed by atoms with Gasteiger partial charge in [-0.25, -0.2) is 0 Å². The van der Waals surface area contributed by atoms with Crippen LogP contribution in [0.1, 0.15) is 1.43 Å². The third-order valence-electron chi connectivity index (χ3n) is 1.25. The average molecular weight is 271 g/mol. The molecule has 16 heavy (non-hydrogen) atoms. The zero-order valence-corrected chi connectivity index (χ0v) is 12.0. The summed E-state index contributed by atoms with van der Waals surface area (Å²) in [4.78, 5) is 1.79. The maximum absolute atomic E-state index is 8.74. The molecule has 0 radical (unpaired) electrons. The fourth-order valence-corrected chi connectivity index (χ4v) is 0.760. The second-order valence-corrected chi connectivity index (χ2v) is 3.36. The maximum Gasteiger partial charge on any atom is 1.00 e. The van der Waals surface area contributed by atoms with Crippen molar-refractivity contribution >= 4 is 10.4 Å². The summed E-state index contributed by atoms with van der Waals surface area (Å²) in [6, 6.07) is 0. The summed E-state index contributed by atoms with van der Waals surface area (Å²) in [6.45, 7) is 1.75. The molecule has 8 nitrogen and oxygen atoms in total. The normalized spacial score (nSPS) is 10.4. The number of aliphatic hydroxyl groups excluding tert-OH is 3. The molecule has 0 aromatic heterocycles. The summed E-state index contributed by atoms with van der Waals surface area (Å²) in [5.74, 6) is 0. The molecular formula is C6H18NNaO7S. The van der Waals surface area contributed by atoms with Gasteiger partial charge in [0.2, 0.25) is 0 Å². The van der Waals surface area contributed by atoms with E-state index in [1.165, 1.54) is 0 Å². The van der Waals surface area contributed by atoms with Gasteiger partial charge in [0.25, 0.3) is 0 Å². The van der Waals surface area contributed by atoms with Gasteiger partial charge in [0.1, 0.15) is 0 Å². The molecule has 0 aliphatic rings. The van der Waals surface area contributed by atoms with Crippen LogP contribution in [0.3, 0.4) is 0 Å². The van der Waals surface area contributed by atoms with Crippen LogP contribution in [0.25, 0.3) is 0 Å². The van der Waals surface area contributed by atoms with Gasteiger partial charge in [-0.3, -0.25) is 14.0 Å². The molecule has 0 fully saturated rings. The van der Waals surface area contributed by atoms with E-state index in [4.69, 9.17) is 32.8 Å². The zero-order valence-electron chi connectivity index (χ0n) is 10.2. The van der Waals surface area contributed by atoms with Crippen molar-refractivity contribution in [1.82, 2.24) is 4.90 Å². The third kappa shape index (κ3) is 29.3. The number of nitrogens with zero attached hydrogens (tertiary/aromatic N) is 1. The van der Waals surface area contributed by atoms with Gasteiger partial charge in [-0.15, -0.1) is 0 Å². The molecule has 0 aromatic rings. The first-order valence-electron chi connectivity index (χ1n) is 4.10. The number of aliphatic hydroxyl groups is 3. The summed E-state index contributed by atoms with van der Waals surface area (Å²) in [7, 11) is -4.67. The molecule has 96 valence electrons. The topological polar surface area (TPSA) is 139 Å². The molecule has 0 saturated carbocycles. The second kappa shape index (κ2) is 13.8. The molecule has 0 aliphatic heterocycles.